The number of hydrogen-bond acceptors (Lipinski definition) is 1. The molecular weight excluding hydrogens is 264 g/mol. The average Bonchev–Trinajstić information content (AvgIpc) is 1.00. The van der Waals surface area contributed by atoms with Gasteiger partial charge in [0.1, 0.15) is 0 Å². The topological polar surface area (TPSA) is 17.1 Å². The standard InChI is InChI=1S/O.Zn.2Zr. The van der Waals surface area contributed by atoms with Crippen molar-refractivity contribution in [3.05, 3.63) is 0 Å². The molecule has 0 radical (unpaired) electrons. The Balaban J connectivity index is -0.00000000500. The fraction of sp³-hybridized carbons (Fsp3) is 0. The molecule has 0 aromatic heterocycles. The van der Waals surface area contributed by atoms with Crippen LogP contribution < -0.4 is 0 Å². The molecule has 0 atom stereocenters. The molecule has 0 fully saturated rings. The summed E-state index contributed by atoms with van der Waals surface area (Å²) in [6.45, 7) is 0. The largest absolute Gasteiger partial charge is 0 e. The van der Waals surface area contributed by atoms with E-state index in [0.29, 0.717) is 24.7 Å². The molecule has 4 heavy (non-hydrogen) atoms. The molecule has 0 heterocycles. The van der Waals surface area contributed by atoms with Gasteiger partial charge < -0.3 is 0 Å². The molecular formula is OZnZr2. The molecule has 0 aliphatic heterocycles. The smallest absolute Gasteiger partial charge is 0 e. The minimum atomic E-state index is 0. The van der Waals surface area contributed by atoms with Gasteiger partial charge in [0.15, 0.2) is 0 Å². The molecule has 0 unspecified atom stereocenters. The predicted molar refractivity (Wildman–Crippen MR) is 0.686 cm³/mol. The van der Waals surface area contributed by atoms with Crippen LogP contribution in [0.1, 0.15) is 0 Å². The molecule has 0 bridgehead atoms. The summed E-state index contributed by atoms with van der Waals surface area (Å²) in [7, 11) is 0. The zero-order chi connectivity index (χ0) is 2.00. The Kier molecular flexibility index (Phi) is 77.8. The van der Waals surface area contributed by atoms with E-state index in [0.717, 1.165) is 0 Å². The predicted octanol–water partition coefficient (Wildman–Crippen LogP) is -0.126. The van der Waals surface area contributed by atoms with Crippen LogP contribution in [0.15, 0.2) is 0 Å². The Hall–Kier alpha value is 2.19. The van der Waals surface area contributed by atoms with Crippen molar-refractivity contribution in [2.75, 3.05) is 0 Å². The van der Waals surface area contributed by atoms with Crippen molar-refractivity contribution in [1.29, 1.82) is 0 Å². The Morgan fingerprint density at radius 2 is 1.25 bits per heavy atom. The van der Waals surface area contributed by atoms with Crippen LogP contribution in [-0.2, 0) is 73.2 Å². The molecule has 0 saturated heterocycles. The molecule has 16 valence electrons. The second-order valence-electron chi connectivity index (χ2n) is 0. The quantitative estimate of drug-likeness (QED) is 0.557. The monoisotopic (exact) mass is 260 g/mol. The van der Waals surface area contributed by atoms with Gasteiger partial charge in [0.25, 0.3) is 0 Å². The zero-order valence-electron chi connectivity index (χ0n) is 2.12. The first-order chi connectivity index (χ1) is 1.00. The molecule has 0 aliphatic rings. The van der Waals surface area contributed by atoms with Crippen LogP contribution >= 0.6 is 0 Å². The summed E-state index contributed by atoms with van der Waals surface area (Å²) in [6, 6.07) is 0. The first-order valence-corrected chi connectivity index (χ1v) is 1.21. The normalized spacial score (nSPS) is 0.750. The van der Waals surface area contributed by atoms with Crippen molar-refractivity contribution in [2.45, 2.75) is 0 Å². The van der Waals surface area contributed by atoms with Crippen LogP contribution in [0.2, 0.25) is 0 Å². The van der Waals surface area contributed by atoms with Crippen LogP contribution in [0, 0.1) is 0 Å². The van der Waals surface area contributed by atoms with Gasteiger partial charge in [-0.3, -0.25) is 0 Å². The molecule has 0 aliphatic carbocycles. The molecule has 0 rings (SSSR count). The van der Waals surface area contributed by atoms with E-state index in [1.807, 2.05) is 0 Å². The third-order valence-corrected chi connectivity index (χ3v) is 0. The summed E-state index contributed by atoms with van der Waals surface area (Å²) in [5.41, 5.74) is 0. The van der Waals surface area contributed by atoms with Gasteiger partial charge in [-0.25, -0.2) is 0 Å². The van der Waals surface area contributed by atoms with Gasteiger partial charge in [-0.1, -0.05) is 0 Å². The zero-order valence-corrected chi connectivity index (χ0v) is 10.00. The molecule has 0 N–H and O–H groups in total. The Morgan fingerprint density at radius 3 is 1.25 bits per heavy atom. The van der Waals surface area contributed by atoms with Crippen LogP contribution in [0.4, 0.5) is 0 Å². The van der Waals surface area contributed by atoms with Gasteiger partial charge >= 0.3 is 27.5 Å². The van der Waals surface area contributed by atoms with E-state index in [2.05, 4.69) is 0 Å². The van der Waals surface area contributed by atoms with Crippen molar-refractivity contribution in [2.24, 2.45) is 0 Å². The third kappa shape index (κ3) is 8.89. The summed E-state index contributed by atoms with van der Waals surface area (Å²) in [5.74, 6) is 0. The van der Waals surface area contributed by atoms with Crippen LogP contribution in [0.5, 0.6) is 0 Å². The van der Waals surface area contributed by atoms with Gasteiger partial charge in [-0.2, -0.15) is 0 Å². The second-order valence-corrected chi connectivity index (χ2v) is 0. The second kappa shape index (κ2) is 19.0. The van der Waals surface area contributed by atoms with Crippen molar-refractivity contribution in [1.82, 2.24) is 0 Å². The molecule has 1 nitrogen and oxygen atoms in total. The molecule has 0 spiro atoms. The third-order valence-electron chi connectivity index (χ3n) is 0. The minimum Gasteiger partial charge on any atom is 0 e. The Labute approximate surface area is 72.1 Å². The summed E-state index contributed by atoms with van der Waals surface area (Å²) in [6.07, 6.45) is 0. The maximum Gasteiger partial charge on any atom is 0 e. The first kappa shape index (κ1) is 16.4. The number of hydrogen-bond donors (Lipinski definition) is 0. The molecule has 0 aromatic rings. The average molecular weight is 264 g/mol. The molecule has 4 heteroatoms. The van der Waals surface area contributed by atoms with Crippen molar-refractivity contribution >= 4 is 0 Å². The van der Waals surface area contributed by atoms with Gasteiger partial charge in [0, 0.05) is 45.7 Å². The molecule has 0 amide bonds. The van der Waals surface area contributed by atoms with Crippen molar-refractivity contribution < 1.29 is 73.2 Å². The van der Waals surface area contributed by atoms with E-state index >= 15 is 0 Å². The fourth-order valence-electron chi connectivity index (χ4n) is 0. The SMILES string of the molecule is [O]=[Zr].[Zn].[Zr]. The first-order valence-electron chi connectivity index (χ1n) is 0.204. The van der Waals surface area contributed by atoms with Gasteiger partial charge in [0.05, 0.1) is 0 Å². The van der Waals surface area contributed by atoms with Crippen LogP contribution in [0.25, 0.3) is 0 Å². The molecule has 0 saturated carbocycles. The maximum absolute atomic E-state index is 8.34. The van der Waals surface area contributed by atoms with Crippen molar-refractivity contribution in [3.63, 3.8) is 0 Å². The van der Waals surface area contributed by atoms with E-state index in [1.54, 1.807) is 0 Å². The van der Waals surface area contributed by atoms with Gasteiger partial charge in [-0.05, 0) is 0 Å². The minimum absolute atomic E-state index is 0. The van der Waals surface area contributed by atoms with E-state index in [-0.39, 0.29) is 45.7 Å². The number of rotatable bonds is 0. The van der Waals surface area contributed by atoms with Crippen LogP contribution in [-0.4, -0.2) is 0 Å². The Bertz CT molecular complexity index is 6.00. The summed E-state index contributed by atoms with van der Waals surface area (Å²) in [5, 5.41) is 0. The van der Waals surface area contributed by atoms with Gasteiger partial charge in [0.2, 0.25) is 0 Å². The fourth-order valence-corrected chi connectivity index (χ4v) is 0. The summed E-state index contributed by atoms with van der Waals surface area (Å²) < 4.78 is 8.34. The van der Waals surface area contributed by atoms with E-state index < -0.39 is 0 Å². The van der Waals surface area contributed by atoms with E-state index in [1.165, 1.54) is 0 Å². The summed E-state index contributed by atoms with van der Waals surface area (Å²) in [4.78, 5) is 0. The van der Waals surface area contributed by atoms with Gasteiger partial charge in [-0.15, -0.1) is 0 Å². The van der Waals surface area contributed by atoms with Crippen molar-refractivity contribution in [3.8, 4) is 0 Å². The van der Waals surface area contributed by atoms with E-state index in [4.69, 9.17) is 2.81 Å². The Morgan fingerprint density at radius 1 is 1.25 bits per heavy atom. The maximum atomic E-state index is 8.34. The van der Waals surface area contributed by atoms with E-state index in [9.17, 15) is 0 Å². The summed E-state index contributed by atoms with van der Waals surface area (Å²) >= 11 is 0.300. The molecule has 0 aromatic carbocycles. The van der Waals surface area contributed by atoms with Crippen LogP contribution in [0.3, 0.4) is 0 Å².